The maximum atomic E-state index is 11.9. The Morgan fingerprint density at radius 3 is 2.81 bits per heavy atom. The summed E-state index contributed by atoms with van der Waals surface area (Å²) < 4.78 is 0. The van der Waals surface area contributed by atoms with Crippen LogP contribution in [0.5, 0.6) is 0 Å². The monoisotopic (exact) mass is 217 g/mol. The third-order valence-electron chi connectivity index (χ3n) is 2.62. The lowest BCUT2D eigenvalue weighted by molar-refractivity contribution is -0.142. The summed E-state index contributed by atoms with van der Waals surface area (Å²) in [6.07, 6.45) is 1.53. The minimum atomic E-state index is -1.01. The Kier molecular flexibility index (Phi) is 2.48. The summed E-state index contributed by atoms with van der Waals surface area (Å²) in [5, 5.41) is 9.15. The van der Waals surface area contributed by atoms with Gasteiger partial charge in [-0.05, 0) is 11.6 Å². The molecule has 1 unspecified atom stereocenters. The van der Waals surface area contributed by atoms with Crippen LogP contribution in [0.4, 0.5) is 0 Å². The third kappa shape index (κ3) is 1.39. The van der Waals surface area contributed by atoms with E-state index in [2.05, 4.69) is 6.58 Å². The fourth-order valence-electron chi connectivity index (χ4n) is 1.96. The van der Waals surface area contributed by atoms with Crippen LogP contribution in [0, 0.1) is 0 Å². The fourth-order valence-corrected chi connectivity index (χ4v) is 1.96. The molecule has 0 saturated carbocycles. The van der Waals surface area contributed by atoms with Gasteiger partial charge in [0.05, 0.1) is 0 Å². The highest BCUT2D eigenvalue weighted by Crippen LogP contribution is 2.33. The van der Waals surface area contributed by atoms with E-state index in [4.69, 9.17) is 5.11 Å². The minimum Gasteiger partial charge on any atom is -0.479 e. The summed E-state index contributed by atoms with van der Waals surface area (Å²) in [7, 11) is 0. The van der Waals surface area contributed by atoms with Crippen LogP contribution < -0.4 is 0 Å². The Morgan fingerprint density at radius 2 is 2.19 bits per heavy atom. The Morgan fingerprint density at radius 1 is 1.50 bits per heavy atom. The van der Waals surface area contributed by atoms with Gasteiger partial charge in [0.2, 0.25) is 0 Å². The van der Waals surface area contributed by atoms with E-state index < -0.39 is 12.0 Å². The van der Waals surface area contributed by atoms with Crippen LogP contribution in [0.2, 0.25) is 0 Å². The maximum absolute atomic E-state index is 11.9. The molecule has 0 fully saturated rings. The second-order valence-corrected chi connectivity index (χ2v) is 3.57. The number of hydrogen-bond acceptors (Lipinski definition) is 2. The fraction of sp³-hybridized carbons (Fsp3) is 0.167. The smallest absolute Gasteiger partial charge is 0.331 e. The summed E-state index contributed by atoms with van der Waals surface area (Å²) >= 11 is 0. The van der Waals surface area contributed by atoms with Gasteiger partial charge in [-0.25, -0.2) is 4.79 Å². The number of rotatable bonds is 3. The van der Waals surface area contributed by atoms with Crippen LogP contribution in [-0.2, 0) is 4.79 Å². The molecule has 1 amide bonds. The van der Waals surface area contributed by atoms with Crippen molar-refractivity contribution < 1.29 is 14.7 Å². The van der Waals surface area contributed by atoms with E-state index in [9.17, 15) is 9.59 Å². The molecule has 1 aromatic carbocycles. The second kappa shape index (κ2) is 3.81. The van der Waals surface area contributed by atoms with Crippen LogP contribution >= 0.6 is 0 Å². The van der Waals surface area contributed by atoms with Crippen LogP contribution in [0.15, 0.2) is 36.9 Å². The Hall–Kier alpha value is -2.10. The highest BCUT2D eigenvalue weighted by atomic mass is 16.4. The molecule has 0 radical (unpaired) electrons. The summed E-state index contributed by atoms with van der Waals surface area (Å²) in [4.78, 5) is 24.4. The molecule has 16 heavy (non-hydrogen) atoms. The number of benzene rings is 1. The highest BCUT2D eigenvalue weighted by Gasteiger charge is 2.40. The van der Waals surface area contributed by atoms with Gasteiger partial charge in [0.15, 0.2) is 6.04 Å². The highest BCUT2D eigenvalue weighted by molar-refractivity contribution is 6.03. The molecule has 2 rings (SSSR count). The molecule has 1 aromatic rings. The topological polar surface area (TPSA) is 57.6 Å². The van der Waals surface area contributed by atoms with Crippen molar-refractivity contribution in [3.63, 3.8) is 0 Å². The Labute approximate surface area is 92.8 Å². The van der Waals surface area contributed by atoms with Crippen molar-refractivity contribution in [1.82, 2.24) is 4.90 Å². The lowest BCUT2D eigenvalue weighted by atomic mass is 10.1. The lowest BCUT2D eigenvalue weighted by Crippen LogP contribution is -2.32. The molecular weight excluding hydrogens is 206 g/mol. The van der Waals surface area contributed by atoms with E-state index in [1.807, 2.05) is 0 Å². The van der Waals surface area contributed by atoms with E-state index in [-0.39, 0.29) is 12.5 Å². The van der Waals surface area contributed by atoms with Crippen molar-refractivity contribution in [2.45, 2.75) is 6.04 Å². The first-order valence-electron chi connectivity index (χ1n) is 4.90. The maximum Gasteiger partial charge on any atom is 0.331 e. The summed E-state index contributed by atoms with van der Waals surface area (Å²) in [5.74, 6) is -1.26. The number of fused-ring (bicyclic) bond motifs is 1. The van der Waals surface area contributed by atoms with Gasteiger partial charge in [0.25, 0.3) is 5.91 Å². The van der Waals surface area contributed by atoms with Gasteiger partial charge in [-0.1, -0.05) is 24.3 Å². The molecule has 0 aromatic heterocycles. The molecule has 0 spiro atoms. The van der Waals surface area contributed by atoms with E-state index in [0.717, 1.165) is 0 Å². The van der Waals surface area contributed by atoms with Gasteiger partial charge >= 0.3 is 5.97 Å². The van der Waals surface area contributed by atoms with Crippen LogP contribution in [0.1, 0.15) is 22.0 Å². The van der Waals surface area contributed by atoms with Crippen molar-refractivity contribution in [2.24, 2.45) is 0 Å². The second-order valence-electron chi connectivity index (χ2n) is 3.57. The molecule has 82 valence electrons. The predicted molar refractivity (Wildman–Crippen MR) is 58.1 cm³/mol. The van der Waals surface area contributed by atoms with Crippen molar-refractivity contribution in [3.8, 4) is 0 Å². The number of amides is 1. The zero-order valence-corrected chi connectivity index (χ0v) is 8.59. The molecule has 1 aliphatic rings. The first-order valence-corrected chi connectivity index (χ1v) is 4.90. The first kappa shape index (κ1) is 10.4. The Bertz CT molecular complexity index is 467. The summed E-state index contributed by atoms with van der Waals surface area (Å²) in [6.45, 7) is 3.77. The zero-order chi connectivity index (χ0) is 11.7. The van der Waals surface area contributed by atoms with Gasteiger partial charge < -0.3 is 10.0 Å². The molecule has 1 aliphatic heterocycles. The number of carboxylic acids is 1. The van der Waals surface area contributed by atoms with Crippen LogP contribution in [0.25, 0.3) is 0 Å². The number of carbonyl (C=O) groups is 2. The van der Waals surface area contributed by atoms with Gasteiger partial charge in [-0.2, -0.15) is 0 Å². The van der Waals surface area contributed by atoms with Crippen LogP contribution in [0.3, 0.4) is 0 Å². The average Bonchev–Trinajstić information content (AvgIpc) is 2.54. The standard InChI is InChI=1S/C12H11NO3/c1-2-7-13-10(12(15)16)8-5-3-4-6-9(8)11(13)14/h2-6,10H,1,7H2,(H,15,16). The molecule has 1 N–H and O–H groups in total. The first-order chi connectivity index (χ1) is 7.66. The average molecular weight is 217 g/mol. The zero-order valence-electron chi connectivity index (χ0n) is 8.59. The van der Waals surface area contributed by atoms with Gasteiger partial charge in [-0.3, -0.25) is 4.79 Å². The quantitative estimate of drug-likeness (QED) is 0.779. The molecule has 0 aliphatic carbocycles. The number of nitrogens with zero attached hydrogens (tertiary/aromatic N) is 1. The van der Waals surface area contributed by atoms with Gasteiger partial charge in [0.1, 0.15) is 0 Å². The van der Waals surface area contributed by atoms with Gasteiger partial charge in [0, 0.05) is 12.1 Å². The van der Waals surface area contributed by atoms with E-state index in [0.29, 0.717) is 11.1 Å². The molecule has 4 nitrogen and oxygen atoms in total. The van der Waals surface area contributed by atoms with Gasteiger partial charge in [-0.15, -0.1) is 6.58 Å². The molecule has 1 atom stereocenters. The summed E-state index contributed by atoms with van der Waals surface area (Å²) in [6, 6.07) is 5.90. The van der Waals surface area contributed by atoms with Crippen molar-refractivity contribution in [3.05, 3.63) is 48.0 Å². The largest absolute Gasteiger partial charge is 0.479 e. The number of aliphatic carboxylic acids is 1. The normalized spacial score (nSPS) is 18.4. The molecule has 4 heteroatoms. The predicted octanol–water partition coefficient (Wildman–Crippen LogP) is 1.45. The third-order valence-corrected chi connectivity index (χ3v) is 2.62. The minimum absolute atomic E-state index is 0.241. The van der Waals surface area contributed by atoms with Crippen molar-refractivity contribution in [1.29, 1.82) is 0 Å². The SMILES string of the molecule is C=CCN1C(=O)c2ccccc2C1C(=O)O. The molecule has 0 saturated heterocycles. The van der Waals surface area contributed by atoms with E-state index >= 15 is 0 Å². The lowest BCUT2D eigenvalue weighted by Gasteiger charge is -2.19. The van der Waals surface area contributed by atoms with Crippen LogP contribution in [-0.4, -0.2) is 28.4 Å². The molecule has 0 bridgehead atoms. The van der Waals surface area contributed by atoms with E-state index in [1.54, 1.807) is 24.3 Å². The molecule has 1 heterocycles. The van der Waals surface area contributed by atoms with E-state index in [1.165, 1.54) is 11.0 Å². The van der Waals surface area contributed by atoms with Crippen molar-refractivity contribution in [2.75, 3.05) is 6.54 Å². The number of carbonyl (C=O) groups excluding carboxylic acids is 1. The number of hydrogen-bond donors (Lipinski definition) is 1. The molecular formula is C12H11NO3. The number of carboxylic acid groups (broad SMARTS) is 1. The van der Waals surface area contributed by atoms with Crippen molar-refractivity contribution >= 4 is 11.9 Å². The Balaban J connectivity index is 2.51. The summed E-state index contributed by atoms with van der Waals surface area (Å²) in [5.41, 5.74) is 1.03.